The molecule has 1 unspecified atom stereocenters. The van der Waals surface area contributed by atoms with Crippen LogP contribution in [0, 0.1) is 0 Å². The van der Waals surface area contributed by atoms with E-state index in [1.165, 1.54) is 0 Å². The number of rotatable bonds is 7. The summed E-state index contributed by atoms with van der Waals surface area (Å²) in [7, 11) is 0. The fourth-order valence-electron chi connectivity index (χ4n) is 0.569. The number of thioether (sulfide) groups is 1. The Kier molecular flexibility index (Phi) is 9.10. The third-order valence-corrected chi connectivity index (χ3v) is 2.18. The van der Waals surface area contributed by atoms with E-state index in [2.05, 4.69) is 6.26 Å². The van der Waals surface area contributed by atoms with E-state index >= 15 is 0 Å². The zero-order valence-electron chi connectivity index (χ0n) is 6.75. The number of ether oxygens (including phenoxy) is 1. The maximum absolute atomic E-state index is 8.95. The first-order valence-electron chi connectivity index (χ1n) is 3.62. The van der Waals surface area contributed by atoms with Crippen molar-refractivity contribution >= 4 is 23.4 Å². The summed E-state index contributed by atoms with van der Waals surface area (Å²) in [5, 5.41) is 8.95. The minimum Gasteiger partial charge on any atom is -0.389 e. The molecular weight excluding hydrogens is 184 g/mol. The Morgan fingerprint density at radius 3 is 2.91 bits per heavy atom. The van der Waals surface area contributed by atoms with Gasteiger partial charge in [0.1, 0.15) is 0 Å². The van der Waals surface area contributed by atoms with E-state index in [9.17, 15) is 0 Å². The van der Waals surface area contributed by atoms with Crippen LogP contribution >= 0.6 is 23.4 Å². The summed E-state index contributed by atoms with van der Waals surface area (Å²) in [4.78, 5) is 0. The van der Waals surface area contributed by atoms with Gasteiger partial charge in [0, 0.05) is 6.61 Å². The molecule has 1 atom stereocenters. The van der Waals surface area contributed by atoms with E-state index < -0.39 is 6.10 Å². The number of halogens is 1. The van der Waals surface area contributed by atoms with Gasteiger partial charge in [0.25, 0.3) is 0 Å². The van der Waals surface area contributed by atoms with Crippen LogP contribution in [0.1, 0.15) is 6.42 Å². The van der Waals surface area contributed by atoms with E-state index in [4.69, 9.17) is 21.4 Å². The van der Waals surface area contributed by atoms with Gasteiger partial charge in [-0.15, -0.1) is 11.6 Å². The average molecular weight is 199 g/mol. The molecule has 11 heavy (non-hydrogen) atoms. The molecule has 0 aromatic heterocycles. The first-order chi connectivity index (χ1) is 5.31. The quantitative estimate of drug-likeness (QED) is 0.495. The Balaban J connectivity index is 2.89. The molecule has 0 spiro atoms. The number of alkyl halides is 1. The van der Waals surface area contributed by atoms with E-state index in [0.717, 1.165) is 18.8 Å². The molecule has 0 saturated carbocycles. The van der Waals surface area contributed by atoms with Crippen LogP contribution in [-0.4, -0.2) is 42.3 Å². The molecule has 0 radical (unpaired) electrons. The molecule has 0 saturated heterocycles. The molecule has 0 rings (SSSR count). The summed E-state index contributed by atoms with van der Waals surface area (Å²) in [6.45, 7) is 1.08. The topological polar surface area (TPSA) is 29.5 Å². The number of hydrogen-bond acceptors (Lipinski definition) is 3. The molecule has 0 aliphatic rings. The molecular formula is C7H15ClO2S. The second-order valence-electron chi connectivity index (χ2n) is 2.23. The fraction of sp³-hybridized carbons (Fsp3) is 1.00. The van der Waals surface area contributed by atoms with Crippen LogP contribution in [0.5, 0.6) is 0 Å². The number of aliphatic hydroxyl groups excluding tert-OH is 1. The molecule has 0 aromatic rings. The zero-order chi connectivity index (χ0) is 8.53. The standard InChI is InChI=1S/C7H15ClO2S/c1-11-4-2-3-10-6-7(9)5-8/h7,9H,2-6H2,1H3. The number of hydrogen-bond donors (Lipinski definition) is 1. The highest BCUT2D eigenvalue weighted by molar-refractivity contribution is 7.98. The van der Waals surface area contributed by atoms with Gasteiger partial charge in [-0.05, 0) is 18.4 Å². The van der Waals surface area contributed by atoms with Crippen molar-refractivity contribution in [3.8, 4) is 0 Å². The molecule has 0 aliphatic carbocycles. The van der Waals surface area contributed by atoms with Gasteiger partial charge in [-0.25, -0.2) is 0 Å². The van der Waals surface area contributed by atoms with Gasteiger partial charge in [-0.3, -0.25) is 0 Å². The van der Waals surface area contributed by atoms with E-state index in [1.807, 2.05) is 0 Å². The molecule has 0 aliphatic heterocycles. The molecule has 0 bridgehead atoms. The summed E-state index contributed by atoms with van der Waals surface area (Å²) < 4.78 is 5.14. The van der Waals surface area contributed by atoms with Crippen LogP contribution in [0.15, 0.2) is 0 Å². The minimum absolute atomic E-state index is 0.253. The summed E-state index contributed by atoms with van der Waals surface area (Å²) >= 11 is 7.16. The largest absolute Gasteiger partial charge is 0.389 e. The molecule has 4 heteroatoms. The van der Waals surface area contributed by atoms with Crippen LogP contribution in [0.4, 0.5) is 0 Å². The van der Waals surface area contributed by atoms with Gasteiger partial charge in [-0.2, -0.15) is 11.8 Å². The second-order valence-corrected chi connectivity index (χ2v) is 3.52. The van der Waals surface area contributed by atoms with E-state index in [1.54, 1.807) is 11.8 Å². The predicted octanol–water partition coefficient (Wildman–Crippen LogP) is 1.36. The van der Waals surface area contributed by atoms with Crippen molar-refractivity contribution in [3.05, 3.63) is 0 Å². The van der Waals surface area contributed by atoms with Crippen LogP contribution < -0.4 is 0 Å². The molecule has 0 heterocycles. The lowest BCUT2D eigenvalue weighted by Crippen LogP contribution is -2.17. The van der Waals surface area contributed by atoms with Crippen LogP contribution in [-0.2, 0) is 4.74 Å². The van der Waals surface area contributed by atoms with Crippen molar-refractivity contribution in [2.45, 2.75) is 12.5 Å². The Hall–Kier alpha value is 0.560. The van der Waals surface area contributed by atoms with Gasteiger partial charge in [-0.1, -0.05) is 0 Å². The van der Waals surface area contributed by atoms with Crippen molar-refractivity contribution in [1.82, 2.24) is 0 Å². The SMILES string of the molecule is CSCCCOCC(O)CCl. The van der Waals surface area contributed by atoms with Gasteiger partial charge in [0.2, 0.25) is 0 Å². The minimum atomic E-state index is -0.508. The highest BCUT2D eigenvalue weighted by atomic mass is 35.5. The summed E-state index contributed by atoms with van der Waals surface area (Å²) in [6, 6.07) is 0. The highest BCUT2D eigenvalue weighted by Gasteiger charge is 2.00. The van der Waals surface area contributed by atoms with E-state index in [0.29, 0.717) is 6.61 Å². The lowest BCUT2D eigenvalue weighted by molar-refractivity contribution is 0.0486. The highest BCUT2D eigenvalue weighted by Crippen LogP contribution is 1.96. The first-order valence-corrected chi connectivity index (χ1v) is 5.54. The maximum atomic E-state index is 8.95. The first kappa shape index (κ1) is 11.6. The monoisotopic (exact) mass is 198 g/mol. The fourth-order valence-corrected chi connectivity index (χ4v) is 1.06. The van der Waals surface area contributed by atoms with Crippen LogP contribution in [0.25, 0.3) is 0 Å². The maximum Gasteiger partial charge on any atom is 0.0908 e. The Morgan fingerprint density at radius 1 is 1.64 bits per heavy atom. The van der Waals surface area contributed by atoms with Gasteiger partial charge < -0.3 is 9.84 Å². The van der Waals surface area contributed by atoms with Gasteiger partial charge in [0.05, 0.1) is 18.6 Å². The normalized spacial score (nSPS) is 13.4. The Bertz CT molecular complexity index is 82.8. The predicted molar refractivity (Wildman–Crippen MR) is 50.5 cm³/mol. The summed E-state index contributed by atoms with van der Waals surface area (Å²) in [5.74, 6) is 1.36. The Labute approximate surface area is 77.3 Å². The number of aliphatic hydroxyl groups is 1. The molecule has 68 valence electrons. The molecule has 0 aromatic carbocycles. The molecule has 1 N–H and O–H groups in total. The second kappa shape index (κ2) is 8.65. The smallest absolute Gasteiger partial charge is 0.0908 e. The van der Waals surface area contributed by atoms with Crippen molar-refractivity contribution < 1.29 is 9.84 Å². The van der Waals surface area contributed by atoms with Crippen molar-refractivity contribution in [3.63, 3.8) is 0 Å². The van der Waals surface area contributed by atoms with E-state index in [-0.39, 0.29) is 5.88 Å². The third-order valence-electron chi connectivity index (χ3n) is 1.13. The van der Waals surface area contributed by atoms with Gasteiger partial charge >= 0.3 is 0 Å². The molecule has 0 fully saturated rings. The van der Waals surface area contributed by atoms with Crippen molar-refractivity contribution in [2.75, 3.05) is 31.1 Å². The molecule has 0 amide bonds. The van der Waals surface area contributed by atoms with Gasteiger partial charge in [0.15, 0.2) is 0 Å². The lowest BCUT2D eigenvalue weighted by Gasteiger charge is -2.06. The summed E-state index contributed by atoms with van der Waals surface area (Å²) in [5.41, 5.74) is 0. The van der Waals surface area contributed by atoms with Crippen molar-refractivity contribution in [1.29, 1.82) is 0 Å². The van der Waals surface area contributed by atoms with Crippen molar-refractivity contribution in [2.24, 2.45) is 0 Å². The lowest BCUT2D eigenvalue weighted by atomic mass is 10.4. The zero-order valence-corrected chi connectivity index (χ0v) is 8.33. The third kappa shape index (κ3) is 8.47. The van der Waals surface area contributed by atoms with Crippen LogP contribution in [0.2, 0.25) is 0 Å². The van der Waals surface area contributed by atoms with Crippen LogP contribution in [0.3, 0.4) is 0 Å². The average Bonchev–Trinajstić information content (AvgIpc) is 2.04. The molecule has 2 nitrogen and oxygen atoms in total. The summed E-state index contributed by atoms with van der Waals surface area (Å²) in [6.07, 6.45) is 2.59. The Morgan fingerprint density at radius 2 is 2.36 bits per heavy atom.